The summed E-state index contributed by atoms with van der Waals surface area (Å²) in [5.74, 6) is -0.235. The fourth-order valence-corrected chi connectivity index (χ4v) is 5.25. The molecule has 150 valence electrons. The van der Waals surface area contributed by atoms with Gasteiger partial charge in [0.2, 0.25) is 5.89 Å². The molecule has 1 atom stereocenters. The normalized spacial score (nSPS) is 17.9. The van der Waals surface area contributed by atoms with Crippen LogP contribution in [-0.4, -0.2) is 48.8 Å². The zero-order valence-electron chi connectivity index (χ0n) is 15.7. The largest absolute Gasteiger partial charge is 0.436 e. The summed E-state index contributed by atoms with van der Waals surface area (Å²) in [7, 11) is -1.51. The minimum Gasteiger partial charge on any atom is -0.436 e. The number of rotatable bonds is 4. The fourth-order valence-electron chi connectivity index (χ4n) is 3.48. The highest BCUT2D eigenvalue weighted by molar-refractivity contribution is 7.91. The van der Waals surface area contributed by atoms with Crippen LogP contribution < -0.4 is 0 Å². The van der Waals surface area contributed by atoms with Gasteiger partial charge in [0.25, 0.3) is 5.91 Å². The van der Waals surface area contributed by atoms with Gasteiger partial charge < -0.3 is 9.32 Å². The number of amides is 1. The highest BCUT2D eigenvalue weighted by atomic mass is 32.2. The summed E-state index contributed by atoms with van der Waals surface area (Å²) in [4.78, 5) is 18.8. The molecule has 1 fully saturated rings. The minimum absolute atomic E-state index is 0.0339. The number of nitrogens with zero attached hydrogens (tertiary/aromatic N) is 2. The topological polar surface area (TPSA) is 80.5 Å². The Kier molecular flexibility index (Phi) is 4.96. The van der Waals surface area contributed by atoms with Crippen molar-refractivity contribution in [2.45, 2.75) is 12.5 Å². The first-order valence-corrected chi connectivity index (χ1v) is 11.0. The Labute approximate surface area is 167 Å². The van der Waals surface area contributed by atoms with E-state index in [4.69, 9.17) is 4.42 Å². The number of carbonyl (C=O) groups is 1. The Hall–Kier alpha value is -3.00. The van der Waals surface area contributed by atoms with E-state index in [0.717, 1.165) is 0 Å². The smallest absolute Gasteiger partial charge is 0.254 e. The maximum atomic E-state index is 14.0. The van der Waals surface area contributed by atoms with E-state index in [2.05, 4.69) is 4.98 Å². The van der Waals surface area contributed by atoms with Gasteiger partial charge in [-0.2, -0.15) is 0 Å². The maximum Gasteiger partial charge on any atom is 0.254 e. The van der Waals surface area contributed by atoms with Crippen LogP contribution in [0.15, 0.2) is 59.1 Å². The number of carbonyl (C=O) groups excluding carboxylic acids is 1. The van der Waals surface area contributed by atoms with E-state index >= 15 is 0 Å². The molecule has 1 saturated heterocycles. The van der Waals surface area contributed by atoms with Crippen LogP contribution in [0.5, 0.6) is 0 Å². The quantitative estimate of drug-likeness (QED) is 0.654. The predicted octanol–water partition coefficient (Wildman–Crippen LogP) is 3.41. The minimum atomic E-state index is -3.11. The van der Waals surface area contributed by atoms with E-state index < -0.39 is 15.7 Å². The van der Waals surface area contributed by atoms with Gasteiger partial charge in [-0.25, -0.2) is 17.8 Å². The van der Waals surface area contributed by atoms with Crippen molar-refractivity contribution in [2.75, 3.05) is 18.6 Å². The lowest BCUT2D eigenvalue weighted by molar-refractivity contribution is 0.0748. The molecule has 0 aliphatic carbocycles. The molecule has 1 aliphatic rings. The summed E-state index contributed by atoms with van der Waals surface area (Å²) in [6.45, 7) is 0. The molecule has 1 aliphatic heterocycles. The standard InChI is InChI=1S/C21H19FN2O4S/c1-24(14-10-11-29(26,27)13-14)21(25)16-7-3-2-6-15(16)20-23-12-19(28-20)17-8-4-5-9-18(17)22/h2-9,12,14H,10-11,13H2,1H3/t14-/m0/s1. The Morgan fingerprint density at radius 2 is 1.83 bits per heavy atom. The molecule has 29 heavy (non-hydrogen) atoms. The highest BCUT2D eigenvalue weighted by Gasteiger charge is 2.33. The zero-order chi connectivity index (χ0) is 20.6. The monoisotopic (exact) mass is 414 g/mol. The molecule has 8 heteroatoms. The van der Waals surface area contributed by atoms with Crippen LogP contribution in [0, 0.1) is 5.82 Å². The molecule has 0 unspecified atom stereocenters. The van der Waals surface area contributed by atoms with Crippen LogP contribution in [0.4, 0.5) is 4.39 Å². The second-order valence-electron chi connectivity index (χ2n) is 7.03. The van der Waals surface area contributed by atoms with Crippen molar-refractivity contribution in [1.29, 1.82) is 0 Å². The van der Waals surface area contributed by atoms with Crippen LogP contribution in [0.1, 0.15) is 16.8 Å². The Balaban J connectivity index is 1.66. The van der Waals surface area contributed by atoms with Gasteiger partial charge in [0.1, 0.15) is 5.82 Å². The van der Waals surface area contributed by atoms with Crippen molar-refractivity contribution in [2.24, 2.45) is 0 Å². The average molecular weight is 414 g/mol. The van der Waals surface area contributed by atoms with Gasteiger partial charge >= 0.3 is 0 Å². The zero-order valence-corrected chi connectivity index (χ0v) is 16.5. The van der Waals surface area contributed by atoms with Crippen LogP contribution in [0.2, 0.25) is 0 Å². The Morgan fingerprint density at radius 1 is 1.14 bits per heavy atom. The third-order valence-electron chi connectivity index (χ3n) is 5.11. The molecule has 0 saturated carbocycles. The van der Waals surface area contributed by atoms with E-state index in [1.165, 1.54) is 17.2 Å². The number of aromatic nitrogens is 1. The second-order valence-corrected chi connectivity index (χ2v) is 9.26. The maximum absolute atomic E-state index is 14.0. The van der Waals surface area contributed by atoms with Gasteiger partial charge in [-0.1, -0.05) is 24.3 Å². The molecule has 1 amide bonds. The van der Waals surface area contributed by atoms with Gasteiger partial charge in [-0.05, 0) is 30.7 Å². The molecule has 3 aromatic rings. The first-order valence-electron chi connectivity index (χ1n) is 9.13. The van der Waals surface area contributed by atoms with E-state index in [9.17, 15) is 17.6 Å². The Morgan fingerprint density at radius 3 is 2.52 bits per heavy atom. The van der Waals surface area contributed by atoms with Gasteiger partial charge in [0.15, 0.2) is 15.6 Å². The number of oxazole rings is 1. The van der Waals surface area contributed by atoms with Gasteiger partial charge in [0.05, 0.1) is 28.8 Å². The van der Waals surface area contributed by atoms with E-state index in [1.54, 1.807) is 49.5 Å². The molecular weight excluding hydrogens is 395 g/mol. The average Bonchev–Trinajstić information content (AvgIpc) is 3.34. The second kappa shape index (κ2) is 7.44. The summed E-state index contributed by atoms with van der Waals surface area (Å²) >= 11 is 0. The summed E-state index contributed by atoms with van der Waals surface area (Å²) in [5.41, 5.74) is 1.09. The van der Waals surface area contributed by atoms with Gasteiger partial charge in [-0.15, -0.1) is 0 Å². The Bertz CT molecular complexity index is 1170. The molecule has 2 aromatic carbocycles. The van der Waals surface area contributed by atoms with Gasteiger partial charge in [0, 0.05) is 18.7 Å². The van der Waals surface area contributed by atoms with Crippen LogP contribution in [0.3, 0.4) is 0 Å². The number of halogens is 1. The number of hydrogen-bond donors (Lipinski definition) is 0. The van der Waals surface area contributed by atoms with Crippen molar-refractivity contribution in [3.63, 3.8) is 0 Å². The lowest BCUT2D eigenvalue weighted by atomic mass is 10.1. The number of benzene rings is 2. The van der Waals surface area contributed by atoms with Crippen LogP contribution in [0.25, 0.3) is 22.8 Å². The third kappa shape index (κ3) is 3.80. The van der Waals surface area contributed by atoms with Crippen molar-refractivity contribution in [3.8, 4) is 22.8 Å². The predicted molar refractivity (Wildman–Crippen MR) is 106 cm³/mol. The summed E-state index contributed by atoms with van der Waals surface area (Å²) < 4.78 is 43.3. The molecule has 6 nitrogen and oxygen atoms in total. The molecule has 0 radical (unpaired) electrons. The van der Waals surface area contributed by atoms with E-state index in [0.29, 0.717) is 17.5 Å². The summed E-state index contributed by atoms with van der Waals surface area (Å²) in [6.07, 6.45) is 1.84. The van der Waals surface area contributed by atoms with Crippen molar-refractivity contribution in [1.82, 2.24) is 9.88 Å². The van der Waals surface area contributed by atoms with E-state index in [-0.39, 0.29) is 40.7 Å². The summed E-state index contributed by atoms with van der Waals surface area (Å²) in [6, 6.07) is 12.7. The molecule has 0 spiro atoms. The molecule has 2 heterocycles. The lowest BCUT2D eigenvalue weighted by Gasteiger charge is -2.24. The SMILES string of the molecule is CN(C(=O)c1ccccc1-c1ncc(-c2ccccc2F)o1)[C@H]1CCS(=O)(=O)C1. The molecule has 4 rings (SSSR count). The number of sulfone groups is 1. The van der Waals surface area contributed by atoms with Gasteiger partial charge in [-0.3, -0.25) is 4.79 Å². The highest BCUT2D eigenvalue weighted by Crippen LogP contribution is 2.30. The molecule has 0 N–H and O–H groups in total. The fraction of sp³-hybridized carbons (Fsp3) is 0.238. The summed E-state index contributed by atoms with van der Waals surface area (Å²) in [5, 5.41) is 0. The molecule has 1 aromatic heterocycles. The first kappa shape index (κ1) is 19.3. The van der Waals surface area contributed by atoms with Crippen molar-refractivity contribution in [3.05, 3.63) is 66.1 Å². The van der Waals surface area contributed by atoms with E-state index in [1.807, 2.05) is 0 Å². The van der Waals surface area contributed by atoms with Crippen molar-refractivity contribution >= 4 is 15.7 Å². The first-order chi connectivity index (χ1) is 13.9. The lowest BCUT2D eigenvalue weighted by Crippen LogP contribution is -2.38. The van der Waals surface area contributed by atoms with Crippen LogP contribution in [-0.2, 0) is 9.84 Å². The number of hydrogen-bond acceptors (Lipinski definition) is 5. The third-order valence-corrected chi connectivity index (χ3v) is 6.86. The van der Waals surface area contributed by atoms with Crippen LogP contribution >= 0.6 is 0 Å². The molecule has 0 bridgehead atoms. The van der Waals surface area contributed by atoms with Crippen molar-refractivity contribution < 1.29 is 22.0 Å². The molecular formula is C21H19FN2O4S.